The molecule has 1 aliphatic heterocycles. The highest BCUT2D eigenvalue weighted by Crippen LogP contribution is 2.65. The quantitative estimate of drug-likeness (QED) is 0.537. The second-order valence-electron chi connectivity index (χ2n) is 10.4. The third-order valence-corrected chi connectivity index (χ3v) is 8.92. The van der Waals surface area contributed by atoms with E-state index in [1.165, 1.54) is 49.1 Å². The van der Waals surface area contributed by atoms with Gasteiger partial charge in [0, 0.05) is 24.1 Å². The Kier molecular flexibility index (Phi) is 4.29. The van der Waals surface area contributed by atoms with E-state index in [1.807, 2.05) is 18.2 Å². The van der Waals surface area contributed by atoms with Crippen molar-refractivity contribution in [1.82, 2.24) is 9.47 Å². The molecule has 2 fully saturated rings. The van der Waals surface area contributed by atoms with Crippen LogP contribution in [0.25, 0.3) is 0 Å². The Bertz CT molecular complexity index is 1080. The lowest BCUT2D eigenvalue weighted by atomic mass is 9.78. The Morgan fingerprint density at radius 2 is 1.97 bits per heavy atom. The van der Waals surface area contributed by atoms with Gasteiger partial charge in [-0.2, -0.15) is 0 Å². The Labute approximate surface area is 185 Å². The van der Waals surface area contributed by atoms with Crippen LogP contribution in [-0.2, 0) is 12.0 Å². The first-order valence-corrected chi connectivity index (χ1v) is 12.1. The Morgan fingerprint density at radius 3 is 2.81 bits per heavy atom. The number of nitrogens with zero attached hydrogens (tertiary/aromatic N) is 2. The van der Waals surface area contributed by atoms with E-state index in [4.69, 9.17) is 0 Å². The fourth-order valence-corrected chi connectivity index (χ4v) is 7.24. The molecule has 1 aromatic carbocycles. The van der Waals surface area contributed by atoms with E-state index in [2.05, 4.69) is 53.8 Å². The van der Waals surface area contributed by atoms with Crippen molar-refractivity contribution >= 4 is 0 Å². The summed E-state index contributed by atoms with van der Waals surface area (Å²) >= 11 is 0. The van der Waals surface area contributed by atoms with Crippen molar-refractivity contribution in [2.45, 2.75) is 70.4 Å². The van der Waals surface area contributed by atoms with Crippen molar-refractivity contribution in [2.24, 2.45) is 11.3 Å². The van der Waals surface area contributed by atoms with Gasteiger partial charge in [0.05, 0.1) is 11.6 Å². The molecule has 1 spiro atoms. The van der Waals surface area contributed by atoms with Crippen LogP contribution in [0.2, 0.25) is 0 Å². The molecule has 2 saturated carbocycles. The lowest BCUT2D eigenvalue weighted by Crippen LogP contribution is -2.52. The molecule has 0 saturated heterocycles. The molecule has 4 aliphatic rings. The molecule has 2 heterocycles. The Hall–Kier alpha value is -2.29. The average Bonchev–Trinajstić information content (AvgIpc) is 3.25. The van der Waals surface area contributed by atoms with Gasteiger partial charge in [-0.15, -0.1) is 0 Å². The van der Waals surface area contributed by atoms with Gasteiger partial charge in [0.2, 0.25) is 0 Å². The maximum atomic E-state index is 14.5. The van der Waals surface area contributed by atoms with Gasteiger partial charge in [-0.3, -0.25) is 0 Å². The van der Waals surface area contributed by atoms with Crippen molar-refractivity contribution < 1.29 is 4.39 Å². The van der Waals surface area contributed by atoms with Crippen LogP contribution >= 0.6 is 0 Å². The summed E-state index contributed by atoms with van der Waals surface area (Å²) < 4.78 is 17.0. The molecule has 0 N–H and O–H groups in total. The number of hydrogen-bond acceptors (Lipinski definition) is 1. The van der Waals surface area contributed by atoms with Gasteiger partial charge in [0.15, 0.2) is 0 Å². The highest BCUT2D eigenvalue weighted by Gasteiger charge is 2.59. The van der Waals surface area contributed by atoms with E-state index in [9.17, 15) is 4.39 Å². The fourth-order valence-electron chi connectivity index (χ4n) is 7.24. The monoisotopic (exact) mass is 416 g/mol. The van der Waals surface area contributed by atoms with E-state index in [1.54, 1.807) is 6.07 Å². The van der Waals surface area contributed by atoms with Crippen LogP contribution in [0.15, 0.2) is 66.0 Å². The predicted molar refractivity (Wildman–Crippen MR) is 123 cm³/mol. The lowest BCUT2D eigenvalue weighted by Gasteiger charge is -2.54. The molecule has 31 heavy (non-hydrogen) atoms. The first kappa shape index (κ1) is 19.4. The Balaban J connectivity index is 1.37. The van der Waals surface area contributed by atoms with Crippen molar-refractivity contribution in [3.8, 4) is 0 Å². The van der Waals surface area contributed by atoms with Crippen LogP contribution in [-0.4, -0.2) is 16.0 Å². The van der Waals surface area contributed by atoms with E-state index in [0.717, 1.165) is 30.9 Å². The second kappa shape index (κ2) is 6.85. The van der Waals surface area contributed by atoms with Gasteiger partial charge in [0.25, 0.3) is 0 Å². The number of rotatable bonds is 3. The summed E-state index contributed by atoms with van der Waals surface area (Å²) in [6.45, 7) is 5.61. The lowest BCUT2D eigenvalue weighted by molar-refractivity contribution is 0.0608. The summed E-state index contributed by atoms with van der Waals surface area (Å²) in [4.78, 5) is 2.76. The summed E-state index contributed by atoms with van der Waals surface area (Å²) in [7, 11) is 0. The van der Waals surface area contributed by atoms with Crippen LogP contribution < -0.4 is 0 Å². The Morgan fingerprint density at radius 1 is 1.10 bits per heavy atom. The van der Waals surface area contributed by atoms with Gasteiger partial charge in [-0.05, 0) is 100.0 Å². The first-order valence-electron chi connectivity index (χ1n) is 12.1. The van der Waals surface area contributed by atoms with Crippen molar-refractivity contribution in [3.63, 3.8) is 0 Å². The first-order chi connectivity index (χ1) is 15.1. The molecular weight excluding hydrogens is 383 g/mol. The molecule has 2 aromatic rings. The molecular formula is C28H33FN2. The normalized spacial score (nSPS) is 33.7. The number of halogens is 1. The standard InChI is InChI=1S/C28H33FN2/c1-3-31-25-17-20(2)10-11-24(25)30-16-6-9-26(30)28(31)13-12-22-19-27(22,14-15-28)18-21-7-4-5-8-23(21)29/h4-10,16-17,22,24H,3,11-15,18-19H2,1-2H3. The number of hydrogen-bond donors (Lipinski definition) is 0. The summed E-state index contributed by atoms with van der Waals surface area (Å²) in [5.74, 6) is 0.717. The van der Waals surface area contributed by atoms with E-state index in [-0.39, 0.29) is 11.4 Å². The topological polar surface area (TPSA) is 8.17 Å². The van der Waals surface area contributed by atoms with Crippen molar-refractivity contribution in [3.05, 3.63) is 83.1 Å². The molecule has 0 radical (unpaired) electrons. The van der Waals surface area contributed by atoms with Crippen LogP contribution in [0.4, 0.5) is 4.39 Å². The largest absolute Gasteiger partial charge is 0.362 e. The zero-order valence-electron chi connectivity index (χ0n) is 18.8. The molecule has 2 nitrogen and oxygen atoms in total. The number of aromatic nitrogens is 1. The zero-order valence-corrected chi connectivity index (χ0v) is 18.8. The number of likely N-dealkylation sites (N-methyl/N-ethyl adjacent to an activating group) is 1. The van der Waals surface area contributed by atoms with E-state index >= 15 is 0 Å². The molecule has 4 unspecified atom stereocenters. The minimum atomic E-state index is -0.0271. The maximum Gasteiger partial charge on any atom is 0.126 e. The molecule has 162 valence electrons. The third kappa shape index (κ3) is 2.81. The summed E-state index contributed by atoms with van der Waals surface area (Å²) in [6, 6.07) is 12.5. The molecule has 4 atom stereocenters. The van der Waals surface area contributed by atoms with Crippen LogP contribution in [0.3, 0.4) is 0 Å². The SMILES string of the molecule is CCN1C2=CC(C)=CCC2n2cccc2C12CCC1CC1(Cc1ccccc1F)CC2. The highest BCUT2D eigenvalue weighted by molar-refractivity contribution is 5.38. The van der Waals surface area contributed by atoms with Gasteiger partial charge in [-0.25, -0.2) is 4.39 Å². The van der Waals surface area contributed by atoms with Crippen LogP contribution in [0.5, 0.6) is 0 Å². The van der Waals surface area contributed by atoms with Crippen LogP contribution in [0, 0.1) is 17.2 Å². The van der Waals surface area contributed by atoms with E-state index in [0.29, 0.717) is 11.5 Å². The second-order valence-corrected chi connectivity index (χ2v) is 10.4. The van der Waals surface area contributed by atoms with Gasteiger partial charge in [-0.1, -0.05) is 29.8 Å². The summed E-state index contributed by atoms with van der Waals surface area (Å²) in [5, 5.41) is 0. The van der Waals surface area contributed by atoms with Crippen LogP contribution in [0.1, 0.15) is 69.7 Å². The number of fused-ring (bicyclic) bond motifs is 5. The van der Waals surface area contributed by atoms with Gasteiger partial charge >= 0.3 is 0 Å². The molecule has 3 aliphatic carbocycles. The van der Waals surface area contributed by atoms with Crippen molar-refractivity contribution in [1.29, 1.82) is 0 Å². The molecule has 6 rings (SSSR count). The minimum Gasteiger partial charge on any atom is -0.362 e. The molecule has 0 bridgehead atoms. The fraction of sp³-hybridized carbons (Fsp3) is 0.500. The van der Waals surface area contributed by atoms with Gasteiger partial charge in [0.1, 0.15) is 5.82 Å². The van der Waals surface area contributed by atoms with E-state index < -0.39 is 0 Å². The predicted octanol–water partition coefficient (Wildman–Crippen LogP) is 6.76. The summed E-state index contributed by atoms with van der Waals surface area (Å²) in [5.41, 5.74) is 5.69. The smallest absolute Gasteiger partial charge is 0.126 e. The van der Waals surface area contributed by atoms with Crippen molar-refractivity contribution in [2.75, 3.05) is 6.54 Å². The maximum absolute atomic E-state index is 14.5. The molecule has 3 heteroatoms. The summed E-state index contributed by atoms with van der Waals surface area (Å²) in [6.07, 6.45) is 15.2. The average molecular weight is 417 g/mol. The zero-order chi connectivity index (χ0) is 21.2. The number of benzene rings is 1. The number of allylic oxidation sites excluding steroid dienone is 4. The highest BCUT2D eigenvalue weighted by atomic mass is 19.1. The van der Waals surface area contributed by atoms with Gasteiger partial charge < -0.3 is 9.47 Å². The molecule has 0 amide bonds. The minimum absolute atomic E-state index is 0.0271. The third-order valence-electron chi connectivity index (χ3n) is 8.92. The molecule has 1 aromatic heterocycles.